The van der Waals surface area contributed by atoms with Crippen LogP contribution in [0.5, 0.6) is 5.75 Å². The highest BCUT2D eigenvalue weighted by Crippen LogP contribution is 2.36. The summed E-state index contributed by atoms with van der Waals surface area (Å²) in [5, 5.41) is 10.2. The average Bonchev–Trinajstić information content (AvgIpc) is 3.07. The zero-order valence-electron chi connectivity index (χ0n) is 11.8. The van der Waals surface area contributed by atoms with Crippen molar-refractivity contribution < 1.29 is 23.8 Å². The molecule has 114 valence electrons. The molecular weight excluding hydrogens is 277 g/mol. The minimum Gasteiger partial charge on any atom is -0.496 e. The van der Waals surface area contributed by atoms with E-state index in [1.807, 2.05) is 0 Å². The zero-order chi connectivity index (χ0) is 15.0. The molecular formula is C15H18FNO4. The largest absolute Gasteiger partial charge is 0.496 e. The molecule has 0 radical (unpaired) electrons. The molecule has 1 spiro atoms. The van der Waals surface area contributed by atoms with E-state index in [0.717, 1.165) is 18.9 Å². The summed E-state index contributed by atoms with van der Waals surface area (Å²) in [6.07, 6.45) is 0.907. The highest BCUT2D eigenvalue weighted by atomic mass is 19.1. The maximum Gasteiger partial charge on any atom is 0.257 e. The number of aliphatic hydroxyl groups is 1. The van der Waals surface area contributed by atoms with Crippen molar-refractivity contribution >= 4 is 5.91 Å². The summed E-state index contributed by atoms with van der Waals surface area (Å²) in [5.74, 6) is -0.521. The molecule has 2 fully saturated rings. The second-order valence-electron chi connectivity index (χ2n) is 5.56. The van der Waals surface area contributed by atoms with E-state index in [0.29, 0.717) is 18.9 Å². The van der Waals surface area contributed by atoms with Crippen LogP contribution < -0.4 is 4.74 Å². The first-order valence-electron chi connectivity index (χ1n) is 7.00. The van der Waals surface area contributed by atoms with Gasteiger partial charge in [0.15, 0.2) is 0 Å². The lowest BCUT2D eigenvalue weighted by molar-refractivity contribution is -0.0590. The van der Waals surface area contributed by atoms with E-state index in [4.69, 9.17) is 9.47 Å². The van der Waals surface area contributed by atoms with Gasteiger partial charge in [0.25, 0.3) is 5.91 Å². The summed E-state index contributed by atoms with van der Waals surface area (Å²) in [6, 6.07) is 3.83. The van der Waals surface area contributed by atoms with E-state index in [9.17, 15) is 14.3 Å². The third kappa shape index (κ3) is 2.38. The summed E-state index contributed by atoms with van der Waals surface area (Å²) in [5.41, 5.74) is -0.490. The Morgan fingerprint density at radius 1 is 1.57 bits per heavy atom. The number of hydrogen-bond acceptors (Lipinski definition) is 4. The number of hydrogen-bond donors (Lipinski definition) is 1. The van der Waals surface area contributed by atoms with Gasteiger partial charge >= 0.3 is 0 Å². The first kappa shape index (κ1) is 14.3. The van der Waals surface area contributed by atoms with Gasteiger partial charge in [-0.3, -0.25) is 4.79 Å². The van der Waals surface area contributed by atoms with Gasteiger partial charge in [-0.1, -0.05) is 0 Å². The van der Waals surface area contributed by atoms with Gasteiger partial charge in [0.2, 0.25) is 0 Å². The number of likely N-dealkylation sites (tertiary alicyclic amines) is 1. The lowest BCUT2D eigenvalue weighted by Gasteiger charge is -2.25. The SMILES string of the molecule is COc1ccc(F)cc1C(=O)N1C[C@H](O)[C@]2(CCCO2)C1. The molecule has 0 aliphatic carbocycles. The number of β-amino-alcohol motifs (C(OH)–C–C–N with tert-alkyl or cyclic N) is 1. The van der Waals surface area contributed by atoms with Crippen molar-refractivity contribution in [2.45, 2.75) is 24.5 Å². The van der Waals surface area contributed by atoms with E-state index in [1.165, 1.54) is 24.1 Å². The lowest BCUT2D eigenvalue weighted by atomic mass is 9.97. The van der Waals surface area contributed by atoms with E-state index >= 15 is 0 Å². The average molecular weight is 295 g/mol. The molecule has 2 aliphatic heterocycles. The summed E-state index contributed by atoms with van der Waals surface area (Å²) in [7, 11) is 1.43. The van der Waals surface area contributed by atoms with Crippen LogP contribution in [0.3, 0.4) is 0 Å². The van der Waals surface area contributed by atoms with Crippen LogP contribution in [0.4, 0.5) is 4.39 Å². The topological polar surface area (TPSA) is 59.0 Å². The zero-order valence-corrected chi connectivity index (χ0v) is 11.8. The quantitative estimate of drug-likeness (QED) is 0.890. The fourth-order valence-electron chi connectivity index (χ4n) is 3.15. The van der Waals surface area contributed by atoms with Gasteiger partial charge < -0.3 is 19.5 Å². The smallest absolute Gasteiger partial charge is 0.257 e. The monoisotopic (exact) mass is 295 g/mol. The Bertz CT molecular complexity index is 557. The van der Waals surface area contributed by atoms with Crippen LogP contribution in [0.25, 0.3) is 0 Å². The second-order valence-corrected chi connectivity index (χ2v) is 5.56. The Morgan fingerprint density at radius 2 is 2.38 bits per heavy atom. The van der Waals surface area contributed by atoms with Gasteiger partial charge in [-0.25, -0.2) is 4.39 Å². The van der Waals surface area contributed by atoms with Crippen LogP contribution >= 0.6 is 0 Å². The molecule has 0 aromatic heterocycles. The number of aliphatic hydroxyl groups excluding tert-OH is 1. The second kappa shape index (κ2) is 5.27. The van der Waals surface area contributed by atoms with Gasteiger partial charge in [-0.2, -0.15) is 0 Å². The number of amides is 1. The fourth-order valence-corrected chi connectivity index (χ4v) is 3.15. The van der Waals surface area contributed by atoms with Crippen molar-refractivity contribution in [3.8, 4) is 5.75 Å². The summed E-state index contributed by atoms with van der Waals surface area (Å²) < 4.78 is 24.2. The molecule has 2 saturated heterocycles. The number of benzene rings is 1. The lowest BCUT2D eigenvalue weighted by Crippen LogP contribution is -2.41. The predicted molar refractivity (Wildman–Crippen MR) is 72.8 cm³/mol. The van der Waals surface area contributed by atoms with Crippen molar-refractivity contribution in [3.63, 3.8) is 0 Å². The summed E-state index contributed by atoms with van der Waals surface area (Å²) in [6.45, 7) is 1.12. The van der Waals surface area contributed by atoms with Crippen LogP contribution in [-0.4, -0.2) is 54.4 Å². The molecule has 21 heavy (non-hydrogen) atoms. The summed E-state index contributed by atoms with van der Waals surface area (Å²) in [4.78, 5) is 14.1. The Labute approximate surface area is 122 Å². The minimum atomic E-state index is -0.705. The molecule has 0 unspecified atom stereocenters. The van der Waals surface area contributed by atoms with Crippen molar-refractivity contribution in [1.82, 2.24) is 4.90 Å². The van der Waals surface area contributed by atoms with Gasteiger partial charge in [0.1, 0.15) is 23.3 Å². The molecule has 5 nitrogen and oxygen atoms in total. The van der Waals surface area contributed by atoms with Gasteiger partial charge in [-0.05, 0) is 31.0 Å². The molecule has 2 heterocycles. The molecule has 0 bridgehead atoms. The fraction of sp³-hybridized carbons (Fsp3) is 0.533. The Kier molecular flexibility index (Phi) is 3.59. The van der Waals surface area contributed by atoms with Crippen molar-refractivity contribution in [1.29, 1.82) is 0 Å². The van der Waals surface area contributed by atoms with Crippen LogP contribution in [-0.2, 0) is 4.74 Å². The van der Waals surface area contributed by atoms with Gasteiger partial charge in [0.05, 0.1) is 19.2 Å². The molecule has 2 aliphatic rings. The van der Waals surface area contributed by atoms with Crippen molar-refractivity contribution in [2.24, 2.45) is 0 Å². The van der Waals surface area contributed by atoms with E-state index in [1.54, 1.807) is 0 Å². The Balaban J connectivity index is 1.85. The number of carbonyl (C=O) groups is 1. The first-order chi connectivity index (χ1) is 10.1. The molecule has 3 rings (SSSR count). The number of rotatable bonds is 2. The van der Waals surface area contributed by atoms with E-state index in [2.05, 4.69) is 0 Å². The highest BCUT2D eigenvalue weighted by Gasteiger charge is 2.50. The maximum atomic E-state index is 13.4. The number of methoxy groups -OCH3 is 1. The normalized spacial score (nSPS) is 28.3. The first-order valence-corrected chi connectivity index (χ1v) is 7.00. The predicted octanol–water partition coefficient (Wildman–Crippen LogP) is 1.20. The number of ether oxygens (including phenoxy) is 2. The van der Waals surface area contributed by atoms with Crippen LogP contribution in [0, 0.1) is 5.82 Å². The Hall–Kier alpha value is -1.66. The molecule has 0 saturated carbocycles. The van der Waals surface area contributed by atoms with Crippen LogP contribution in [0.1, 0.15) is 23.2 Å². The summed E-state index contributed by atoms with van der Waals surface area (Å²) >= 11 is 0. The molecule has 1 N–H and O–H groups in total. The van der Waals surface area contributed by atoms with E-state index < -0.39 is 17.5 Å². The van der Waals surface area contributed by atoms with Gasteiger partial charge in [-0.15, -0.1) is 0 Å². The number of nitrogens with zero attached hydrogens (tertiary/aromatic N) is 1. The van der Waals surface area contributed by atoms with Crippen LogP contribution in [0.2, 0.25) is 0 Å². The van der Waals surface area contributed by atoms with Crippen molar-refractivity contribution in [2.75, 3.05) is 26.8 Å². The molecule has 1 aromatic rings. The molecule has 1 aromatic carbocycles. The maximum absolute atomic E-state index is 13.4. The standard InChI is InChI=1S/C15H18FNO4/c1-20-12-4-3-10(16)7-11(12)14(19)17-8-13(18)15(9-17)5-2-6-21-15/h3-4,7,13,18H,2,5-6,8-9H2,1H3/t13-,15-/m0/s1. The molecule has 2 atom stereocenters. The van der Waals surface area contributed by atoms with E-state index in [-0.39, 0.29) is 18.0 Å². The Morgan fingerprint density at radius 3 is 3.05 bits per heavy atom. The number of carbonyl (C=O) groups excluding carboxylic acids is 1. The van der Waals surface area contributed by atoms with Gasteiger partial charge in [0, 0.05) is 13.2 Å². The number of halogens is 1. The highest BCUT2D eigenvalue weighted by molar-refractivity contribution is 5.97. The minimum absolute atomic E-state index is 0.166. The molecule has 1 amide bonds. The molecule has 6 heteroatoms. The van der Waals surface area contributed by atoms with Crippen LogP contribution in [0.15, 0.2) is 18.2 Å². The third-order valence-electron chi connectivity index (χ3n) is 4.27. The third-order valence-corrected chi connectivity index (χ3v) is 4.27. The van der Waals surface area contributed by atoms with Crippen molar-refractivity contribution in [3.05, 3.63) is 29.6 Å².